The van der Waals surface area contributed by atoms with Crippen LogP contribution in [-0.4, -0.2) is 5.11 Å². The normalized spacial score (nSPS) is 10.6. The highest BCUT2D eigenvalue weighted by Crippen LogP contribution is 2.32. The molecule has 0 fully saturated rings. The number of aromatic hydroxyl groups is 1. The Hall–Kier alpha value is -1.28. The minimum absolute atomic E-state index is 0.0591. The van der Waals surface area contributed by atoms with Crippen molar-refractivity contribution in [1.82, 2.24) is 0 Å². The first kappa shape index (κ1) is 8.32. The van der Waals surface area contributed by atoms with Crippen LogP contribution in [0.25, 0.3) is 10.8 Å². The molecule has 0 unspecified atom stereocenters. The fourth-order valence-corrected chi connectivity index (χ4v) is 1.48. The van der Waals surface area contributed by atoms with Crippen molar-refractivity contribution >= 4 is 22.4 Å². The summed E-state index contributed by atoms with van der Waals surface area (Å²) in [6.45, 7) is 0. The Labute approximate surface area is 79.4 Å². The van der Waals surface area contributed by atoms with Gasteiger partial charge in [0, 0.05) is 5.39 Å². The lowest BCUT2D eigenvalue weighted by molar-refractivity contribution is 0.439. The number of benzene rings is 2. The van der Waals surface area contributed by atoms with Crippen LogP contribution in [0.3, 0.4) is 0 Å². The topological polar surface area (TPSA) is 20.2 Å². The van der Waals surface area contributed by atoms with Gasteiger partial charge in [-0.2, -0.15) is 0 Å². The largest absolute Gasteiger partial charge is 0.504 e. The average Bonchev–Trinajstić information content (AvgIpc) is 2.15. The molecule has 0 saturated heterocycles. The molecular formula is C10H6ClFO. The SMILES string of the molecule is Oc1c(F)c(Cl)cc2ccccc12. The summed E-state index contributed by atoms with van der Waals surface area (Å²) in [5.74, 6) is -1.15. The van der Waals surface area contributed by atoms with E-state index >= 15 is 0 Å². The highest BCUT2D eigenvalue weighted by Gasteiger charge is 2.09. The summed E-state index contributed by atoms with van der Waals surface area (Å²) in [7, 11) is 0. The van der Waals surface area contributed by atoms with E-state index in [-0.39, 0.29) is 10.8 Å². The average molecular weight is 197 g/mol. The summed E-state index contributed by atoms with van der Waals surface area (Å²) in [4.78, 5) is 0. The van der Waals surface area contributed by atoms with E-state index in [0.29, 0.717) is 5.39 Å². The van der Waals surface area contributed by atoms with Crippen molar-refractivity contribution in [2.45, 2.75) is 0 Å². The quantitative estimate of drug-likeness (QED) is 0.685. The van der Waals surface area contributed by atoms with Crippen LogP contribution in [0.15, 0.2) is 30.3 Å². The summed E-state index contributed by atoms with van der Waals surface area (Å²) in [5.41, 5.74) is 0. The summed E-state index contributed by atoms with van der Waals surface area (Å²) in [5, 5.41) is 10.5. The second-order valence-corrected chi connectivity index (χ2v) is 3.15. The zero-order valence-corrected chi connectivity index (χ0v) is 7.35. The van der Waals surface area contributed by atoms with Crippen molar-refractivity contribution in [3.63, 3.8) is 0 Å². The van der Waals surface area contributed by atoms with Crippen LogP contribution in [-0.2, 0) is 0 Å². The van der Waals surface area contributed by atoms with E-state index in [1.807, 2.05) is 0 Å². The van der Waals surface area contributed by atoms with Crippen LogP contribution in [0.5, 0.6) is 5.75 Å². The Morgan fingerprint density at radius 2 is 1.92 bits per heavy atom. The van der Waals surface area contributed by atoms with Gasteiger partial charge in [0.25, 0.3) is 0 Å². The molecule has 2 aromatic rings. The van der Waals surface area contributed by atoms with Crippen LogP contribution in [0.4, 0.5) is 4.39 Å². The predicted octanol–water partition coefficient (Wildman–Crippen LogP) is 3.34. The van der Waals surface area contributed by atoms with Crippen LogP contribution in [0.1, 0.15) is 0 Å². The zero-order chi connectivity index (χ0) is 9.42. The second-order valence-electron chi connectivity index (χ2n) is 2.74. The number of phenols is 1. The number of phenolic OH excluding ortho intramolecular Hbond substituents is 1. The van der Waals surface area contributed by atoms with Gasteiger partial charge in [0.1, 0.15) is 0 Å². The molecule has 13 heavy (non-hydrogen) atoms. The minimum atomic E-state index is -0.764. The smallest absolute Gasteiger partial charge is 0.184 e. The van der Waals surface area contributed by atoms with Crippen molar-refractivity contribution in [3.8, 4) is 5.75 Å². The van der Waals surface area contributed by atoms with Crippen molar-refractivity contribution in [3.05, 3.63) is 41.2 Å². The third-order valence-corrected chi connectivity index (χ3v) is 2.19. The zero-order valence-electron chi connectivity index (χ0n) is 6.59. The Kier molecular flexibility index (Phi) is 1.85. The standard InChI is InChI=1S/C10H6ClFO/c11-8-5-6-3-1-2-4-7(6)10(13)9(8)12/h1-5,13H. The van der Waals surface area contributed by atoms with Gasteiger partial charge < -0.3 is 5.11 Å². The van der Waals surface area contributed by atoms with E-state index in [0.717, 1.165) is 5.39 Å². The Bertz CT molecular complexity index is 468. The number of rotatable bonds is 0. The molecule has 0 atom stereocenters. The van der Waals surface area contributed by atoms with Crippen molar-refractivity contribution in [2.75, 3.05) is 0 Å². The predicted molar refractivity (Wildman–Crippen MR) is 50.6 cm³/mol. The van der Waals surface area contributed by atoms with Gasteiger partial charge in [-0.05, 0) is 11.5 Å². The first-order chi connectivity index (χ1) is 6.20. The highest BCUT2D eigenvalue weighted by atomic mass is 35.5. The molecule has 0 amide bonds. The fourth-order valence-electron chi connectivity index (χ4n) is 1.27. The first-order valence-corrected chi connectivity index (χ1v) is 4.13. The number of fused-ring (bicyclic) bond motifs is 1. The second kappa shape index (κ2) is 2.89. The lowest BCUT2D eigenvalue weighted by Gasteiger charge is -2.03. The highest BCUT2D eigenvalue weighted by molar-refractivity contribution is 6.31. The summed E-state index contributed by atoms with van der Waals surface area (Å²) in [6, 6.07) is 8.43. The minimum Gasteiger partial charge on any atom is -0.504 e. The van der Waals surface area contributed by atoms with E-state index in [2.05, 4.69) is 0 Å². The first-order valence-electron chi connectivity index (χ1n) is 3.76. The van der Waals surface area contributed by atoms with Gasteiger partial charge in [-0.1, -0.05) is 35.9 Å². The molecule has 2 rings (SSSR count). The van der Waals surface area contributed by atoms with Gasteiger partial charge in [-0.3, -0.25) is 0 Å². The summed E-state index contributed by atoms with van der Waals surface area (Å²) in [6.07, 6.45) is 0. The maximum Gasteiger partial charge on any atom is 0.184 e. The van der Waals surface area contributed by atoms with E-state index in [9.17, 15) is 9.50 Å². The van der Waals surface area contributed by atoms with Gasteiger partial charge in [-0.15, -0.1) is 0 Å². The van der Waals surface area contributed by atoms with Crippen molar-refractivity contribution in [2.24, 2.45) is 0 Å². The molecule has 0 saturated carbocycles. The van der Waals surface area contributed by atoms with E-state index < -0.39 is 5.82 Å². The molecular weight excluding hydrogens is 191 g/mol. The molecule has 0 aromatic heterocycles. The molecule has 66 valence electrons. The number of hydrogen-bond acceptors (Lipinski definition) is 1. The molecule has 0 bridgehead atoms. The molecule has 0 aliphatic rings. The van der Waals surface area contributed by atoms with Gasteiger partial charge in [0.05, 0.1) is 5.02 Å². The van der Waals surface area contributed by atoms with Crippen LogP contribution in [0, 0.1) is 5.82 Å². The van der Waals surface area contributed by atoms with Gasteiger partial charge in [0.15, 0.2) is 11.6 Å². The molecule has 0 aliphatic carbocycles. The van der Waals surface area contributed by atoms with Gasteiger partial charge in [0.2, 0.25) is 0 Å². The molecule has 1 N–H and O–H groups in total. The number of hydrogen-bond donors (Lipinski definition) is 1. The van der Waals surface area contributed by atoms with Gasteiger partial charge in [-0.25, -0.2) is 4.39 Å². The molecule has 0 spiro atoms. The molecule has 1 nitrogen and oxygen atoms in total. The fraction of sp³-hybridized carbons (Fsp3) is 0. The lowest BCUT2D eigenvalue weighted by Crippen LogP contribution is -1.81. The molecule has 3 heteroatoms. The molecule has 2 aromatic carbocycles. The molecule has 0 aliphatic heterocycles. The summed E-state index contributed by atoms with van der Waals surface area (Å²) < 4.78 is 13.1. The third kappa shape index (κ3) is 1.23. The summed E-state index contributed by atoms with van der Waals surface area (Å²) >= 11 is 5.56. The maximum atomic E-state index is 13.1. The van der Waals surface area contributed by atoms with E-state index in [1.165, 1.54) is 6.07 Å². The van der Waals surface area contributed by atoms with Crippen molar-refractivity contribution < 1.29 is 9.50 Å². The van der Waals surface area contributed by atoms with Crippen molar-refractivity contribution in [1.29, 1.82) is 0 Å². The molecule has 0 heterocycles. The van der Waals surface area contributed by atoms with Crippen LogP contribution >= 0.6 is 11.6 Å². The van der Waals surface area contributed by atoms with E-state index in [4.69, 9.17) is 11.6 Å². The van der Waals surface area contributed by atoms with Crippen LogP contribution in [0.2, 0.25) is 5.02 Å². The van der Waals surface area contributed by atoms with Crippen LogP contribution < -0.4 is 0 Å². The maximum absolute atomic E-state index is 13.1. The Morgan fingerprint density at radius 1 is 1.23 bits per heavy atom. The lowest BCUT2D eigenvalue weighted by atomic mass is 10.1. The Balaban J connectivity index is 2.94. The third-order valence-electron chi connectivity index (χ3n) is 1.92. The monoisotopic (exact) mass is 196 g/mol. The number of halogens is 2. The van der Waals surface area contributed by atoms with Gasteiger partial charge >= 0.3 is 0 Å². The Morgan fingerprint density at radius 3 is 2.69 bits per heavy atom. The van der Waals surface area contributed by atoms with E-state index in [1.54, 1.807) is 24.3 Å². The molecule has 0 radical (unpaired) electrons.